The molecule has 1 aliphatic heterocycles. The Bertz CT molecular complexity index is 292. The zero-order valence-corrected chi connectivity index (χ0v) is 7.86. The van der Waals surface area contributed by atoms with E-state index >= 15 is 0 Å². The van der Waals surface area contributed by atoms with Gasteiger partial charge in [-0.25, -0.2) is 0 Å². The van der Waals surface area contributed by atoms with Crippen molar-refractivity contribution in [2.75, 3.05) is 13.1 Å². The van der Waals surface area contributed by atoms with Crippen LogP contribution in [-0.2, 0) is 0 Å². The summed E-state index contributed by atoms with van der Waals surface area (Å²) in [7, 11) is 0. The maximum Gasteiger partial charge on any atom is 0.0435 e. The van der Waals surface area contributed by atoms with E-state index in [9.17, 15) is 0 Å². The zero-order valence-electron chi connectivity index (χ0n) is 7.10. The third kappa shape index (κ3) is 1.35. The molecule has 1 aromatic rings. The molecule has 0 aliphatic carbocycles. The van der Waals surface area contributed by atoms with Crippen LogP contribution in [-0.4, -0.2) is 13.1 Å². The van der Waals surface area contributed by atoms with Crippen LogP contribution in [0.1, 0.15) is 17.0 Å². The first kappa shape index (κ1) is 8.09. The van der Waals surface area contributed by atoms with Crippen molar-refractivity contribution in [2.45, 2.75) is 12.8 Å². The number of nitrogens with one attached hydrogen (secondary N) is 1. The van der Waals surface area contributed by atoms with Crippen LogP contribution in [0.2, 0.25) is 5.02 Å². The van der Waals surface area contributed by atoms with Crippen LogP contribution < -0.4 is 5.32 Å². The lowest BCUT2D eigenvalue weighted by molar-refractivity contribution is 0.448. The van der Waals surface area contributed by atoms with E-state index < -0.39 is 0 Å². The quantitative estimate of drug-likeness (QED) is 0.702. The molecule has 0 bridgehead atoms. The molecule has 1 saturated heterocycles. The Hall–Kier alpha value is -0.530. The number of benzene rings is 1. The summed E-state index contributed by atoms with van der Waals surface area (Å²) in [4.78, 5) is 0. The molecule has 12 heavy (non-hydrogen) atoms. The van der Waals surface area contributed by atoms with Gasteiger partial charge in [-0.1, -0.05) is 23.7 Å². The van der Waals surface area contributed by atoms with Gasteiger partial charge in [-0.15, -0.1) is 0 Å². The van der Waals surface area contributed by atoms with Crippen molar-refractivity contribution >= 4 is 11.6 Å². The smallest absolute Gasteiger partial charge is 0.0435 e. The SMILES string of the molecule is Cc1cc(C2CNC2)ccc1Cl. The van der Waals surface area contributed by atoms with Crippen molar-refractivity contribution in [1.29, 1.82) is 0 Å². The molecule has 0 spiro atoms. The molecular weight excluding hydrogens is 170 g/mol. The van der Waals surface area contributed by atoms with Crippen molar-refractivity contribution in [3.05, 3.63) is 34.3 Å². The largest absolute Gasteiger partial charge is 0.315 e. The monoisotopic (exact) mass is 181 g/mol. The third-order valence-corrected chi connectivity index (χ3v) is 2.86. The average Bonchev–Trinajstić information content (AvgIpc) is 1.93. The van der Waals surface area contributed by atoms with E-state index in [0.717, 1.165) is 18.1 Å². The molecule has 1 heterocycles. The molecule has 64 valence electrons. The van der Waals surface area contributed by atoms with E-state index in [-0.39, 0.29) is 0 Å². The molecule has 0 aromatic heterocycles. The van der Waals surface area contributed by atoms with E-state index in [4.69, 9.17) is 11.6 Å². The maximum absolute atomic E-state index is 5.93. The standard InChI is InChI=1S/C10H12ClN/c1-7-4-8(2-3-10(7)11)9-5-12-6-9/h2-4,9,12H,5-6H2,1H3. The zero-order chi connectivity index (χ0) is 8.55. The molecule has 2 heteroatoms. The van der Waals surface area contributed by atoms with E-state index in [0.29, 0.717) is 5.92 Å². The van der Waals surface area contributed by atoms with Crippen LogP contribution in [0.15, 0.2) is 18.2 Å². The summed E-state index contributed by atoms with van der Waals surface area (Å²) in [6, 6.07) is 6.30. The van der Waals surface area contributed by atoms with Crippen molar-refractivity contribution in [1.82, 2.24) is 5.32 Å². The second kappa shape index (κ2) is 3.08. The molecule has 1 aromatic carbocycles. The Morgan fingerprint density at radius 1 is 1.42 bits per heavy atom. The van der Waals surface area contributed by atoms with Gasteiger partial charge in [-0.05, 0) is 24.1 Å². The number of rotatable bonds is 1. The first-order chi connectivity index (χ1) is 5.77. The van der Waals surface area contributed by atoms with Crippen LogP contribution in [0.4, 0.5) is 0 Å². The Morgan fingerprint density at radius 3 is 2.67 bits per heavy atom. The number of hydrogen-bond acceptors (Lipinski definition) is 1. The minimum absolute atomic E-state index is 0.709. The lowest BCUT2D eigenvalue weighted by atomic mass is 9.93. The Kier molecular flexibility index (Phi) is 2.07. The normalized spacial score (nSPS) is 17.5. The summed E-state index contributed by atoms with van der Waals surface area (Å²) in [6.07, 6.45) is 0. The van der Waals surface area contributed by atoms with E-state index in [1.807, 2.05) is 6.07 Å². The highest BCUT2D eigenvalue weighted by Gasteiger charge is 2.18. The minimum Gasteiger partial charge on any atom is -0.315 e. The minimum atomic E-state index is 0.709. The summed E-state index contributed by atoms with van der Waals surface area (Å²) in [6.45, 7) is 4.28. The molecule has 1 nitrogen and oxygen atoms in total. The number of hydrogen-bond donors (Lipinski definition) is 1. The Balaban J connectivity index is 2.27. The first-order valence-corrected chi connectivity index (χ1v) is 4.62. The summed E-state index contributed by atoms with van der Waals surface area (Å²) in [5, 5.41) is 4.13. The van der Waals surface area contributed by atoms with Gasteiger partial charge in [-0.3, -0.25) is 0 Å². The molecule has 1 fully saturated rings. The summed E-state index contributed by atoms with van der Waals surface area (Å²) >= 11 is 5.93. The maximum atomic E-state index is 5.93. The predicted octanol–water partition coefficient (Wildman–Crippen LogP) is 2.34. The van der Waals surface area contributed by atoms with E-state index in [1.54, 1.807) is 0 Å². The number of aryl methyl sites for hydroxylation is 1. The average molecular weight is 182 g/mol. The molecule has 0 saturated carbocycles. The Morgan fingerprint density at radius 2 is 2.17 bits per heavy atom. The third-order valence-electron chi connectivity index (χ3n) is 2.43. The van der Waals surface area contributed by atoms with Gasteiger partial charge in [0.05, 0.1) is 0 Å². The van der Waals surface area contributed by atoms with Gasteiger partial charge in [0, 0.05) is 24.0 Å². The molecule has 0 atom stereocenters. The highest BCUT2D eigenvalue weighted by molar-refractivity contribution is 6.31. The van der Waals surface area contributed by atoms with Gasteiger partial charge >= 0.3 is 0 Å². The fraction of sp³-hybridized carbons (Fsp3) is 0.400. The predicted molar refractivity (Wildman–Crippen MR) is 51.8 cm³/mol. The topological polar surface area (TPSA) is 12.0 Å². The van der Waals surface area contributed by atoms with Gasteiger partial charge in [0.1, 0.15) is 0 Å². The van der Waals surface area contributed by atoms with Crippen LogP contribution in [0.25, 0.3) is 0 Å². The highest BCUT2D eigenvalue weighted by Crippen LogP contribution is 2.24. The van der Waals surface area contributed by atoms with Crippen molar-refractivity contribution < 1.29 is 0 Å². The second-order valence-corrected chi connectivity index (χ2v) is 3.77. The van der Waals surface area contributed by atoms with Crippen LogP contribution in [0.5, 0.6) is 0 Å². The van der Waals surface area contributed by atoms with Gasteiger partial charge in [0.15, 0.2) is 0 Å². The molecule has 2 rings (SSSR count). The first-order valence-electron chi connectivity index (χ1n) is 4.24. The fourth-order valence-electron chi connectivity index (χ4n) is 1.45. The Labute approximate surface area is 77.7 Å². The van der Waals surface area contributed by atoms with Crippen LogP contribution in [0.3, 0.4) is 0 Å². The highest BCUT2D eigenvalue weighted by atomic mass is 35.5. The van der Waals surface area contributed by atoms with Crippen molar-refractivity contribution in [2.24, 2.45) is 0 Å². The van der Waals surface area contributed by atoms with Gasteiger partial charge in [-0.2, -0.15) is 0 Å². The lowest BCUT2D eigenvalue weighted by Crippen LogP contribution is -2.39. The lowest BCUT2D eigenvalue weighted by Gasteiger charge is -2.27. The molecule has 1 aliphatic rings. The van der Waals surface area contributed by atoms with Crippen LogP contribution >= 0.6 is 11.6 Å². The molecule has 1 N–H and O–H groups in total. The second-order valence-electron chi connectivity index (χ2n) is 3.36. The van der Waals surface area contributed by atoms with E-state index in [1.165, 1.54) is 11.1 Å². The van der Waals surface area contributed by atoms with Gasteiger partial charge < -0.3 is 5.32 Å². The number of halogens is 1. The summed E-state index contributed by atoms with van der Waals surface area (Å²) in [5.74, 6) is 0.709. The molecule has 0 amide bonds. The van der Waals surface area contributed by atoms with E-state index in [2.05, 4.69) is 24.4 Å². The summed E-state index contributed by atoms with van der Waals surface area (Å²) < 4.78 is 0. The van der Waals surface area contributed by atoms with Crippen molar-refractivity contribution in [3.8, 4) is 0 Å². The fourth-order valence-corrected chi connectivity index (χ4v) is 1.56. The van der Waals surface area contributed by atoms with Crippen LogP contribution in [0, 0.1) is 6.92 Å². The summed E-state index contributed by atoms with van der Waals surface area (Å²) in [5.41, 5.74) is 2.59. The molecular formula is C10H12ClN. The molecule has 0 unspecified atom stereocenters. The van der Waals surface area contributed by atoms with Gasteiger partial charge in [0.25, 0.3) is 0 Å². The van der Waals surface area contributed by atoms with Crippen molar-refractivity contribution in [3.63, 3.8) is 0 Å². The molecule has 0 radical (unpaired) electrons. The van der Waals surface area contributed by atoms with Gasteiger partial charge in [0.2, 0.25) is 0 Å².